The molecule has 0 aliphatic carbocycles. The van der Waals surface area contributed by atoms with Gasteiger partial charge >= 0.3 is 0 Å². The van der Waals surface area contributed by atoms with Crippen LogP contribution < -0.4 is 10.6 Å². The second-order valence-corrected chi connectivity index (χ2v) is 6.13. The highest BCUT2D eigenvalue weighted by Crippen LogP contribution is 2.33. The third-order valence-electron chi connectivity index (χ3n) is 3.40. The third kappa shape index (κ3) is 4.47. The van der Waals surface area contributed by atoms with E-state index in [9.17, 15) is 9.18 Å². The summed E-state index contributed by atoms with van der Waals surface area (Å²) in [5.74, 6) is -0.698. The highest BCUT2D eigenvalue weighted by Gasteiger charge is 2.23. The van der Waals surface area contributed by atoms with Gasteiger partial charge in [0.05, 0.1) is 12.3 Å². The fraction of sp³-hybridized carbons (Fsp3) is 0.333. The van der Waals surface area contributed by atoms with Crippen molar-refractivity contribution in [2.24, 2.45) is 7.05 Å². The van der Waals surface area contributed by atoms with Crippen LogP contribution >= 0.6 is 24.2 Å². The number of benzene rings is 1. The number of carbonyl (C=O) groups excluding carboxylic acids is 1. The van der Waals surface area contributed by atoms with Gasteiger partial charge in [-0.05, 0) is 30.0 Å². The summed E-state index contributed by atoms with van der Waals surface area (Å²) >= 11 is 1.36. The number of amides is 1. The van der Waals surface area contributed by atoms with E-state index in [0.29, 0.717) is 18.8 Å². The number of nitrogens with one attached hydrogen (secondary N) is 2. The van der Waals surface area contributed by atoms with Gasteiger partial charge in [0.2, 0.25) is 0 Å². The van der Waals surface area contributed by atoms with Crippen LogP contribution in [0.5, 0.6) is 0 Å². The summed E-state index contributed by atoms with van der Waals surface area (Å²) in [6.45, 7) is 1.66. The van der Waals surface area contributed by atoms with Gasteiger partial charge in [0.15, 0.2) is 5.16 Å². The van der Waals surface area contributed by atoms with Crippen LogP contribution in [0.25, 0.3) is 0 Å². The average molecular weight is 373 g/mol. The van der Waals surface area contributed by atoms with Crippen LogP contribution in [-0.2, 0) is 16.6 Å². The zero-order chi connectivity index (χ0) is 16.2. The molecule has 2 aromatic rings. The Morgan fingerprint density at radius 3 is 3.04 bits per heavy atom. The normalized spacial score (nSPS) is 17.2. The van der Waals surface area contributed by atoms with Crippen molar-refractivity contribution < 1.29 is 13.9 Å². The van der Waals surface area contributed by atoms with E-state index >= 15 is 0 Å². The van der Waals surface area contributed by atoms with E-state index in [1.165, 1.54) is 23.9 Å². The number of carbonyl (C=O) groups is 1. The Kier molecular flexibility index (Phi) is 6.61. The summed E-state index contributed by atoms with van der Waals surface area (Å²) in [4.78, 5) is 17.2. The second kappa shape index (κ2) is 8.48. The number of anilines is 1. The number of morpholine rings is 1. The molecule has 1 aliphatic rings. The minimum absolute atomic E-state index is 0. The van der Waals surface area contributed by atoms with Crippen molar-refractivity contribution in [3.63, 3.8) is 0 Å². The van der Waals surface area contributed by atoms with Gasteiger partial charge in [-0.15, -0.1) is 12.4 Å². The number of hydrogen-bond acceptors (Lipinski definition) is 5. The first-order valence-corrected chi connectivity index (χ1v) is 8.03. The van der Waals surface area contributed by atoms with E-state index in [4.69, 9.17) is 4.74 Å². The molecule has 1 unspecified atom stereocenters. The molecule has 130 valence electrons. The zero-order valence-corrected chi connectivity index (χ0v) is 14.6. The Balaban J connectivity index is 0.00000208. The van der Waals surface area contributed by atoms with E-state index in [-0.39, 0.29) is 18.3 Å². The van der Waals surface area contributed by atoms with Crippen LogP contribution in [0.3, 0.4) is 0 Å². The fourth-order valence-corrected chi connectivity index (χ4v) is 3.06. The Morgan fingerprint density at radius 1 is 1.54 bits per heavy atom. The van der Waals surface area contributed by atoms with Crippen LogP contribution in [0.4, 0.5) is 10.1 Å². The van der Waals surface area contributed by atoms with Crippen molar-refractivity contribution in [1.82, 2.24) is 14.9 Å². The highest BCUT2D eigenvalue weighted by atomic mass is 35.5. The first-order valence-electron chi connectivity index (χ1n) is 7.21. The maximum absolute atomic E-state index is 13.6. The molecule has 0 bridgehead atoms. The summed E-state index contributed by atoms with van der Waals surface area (Å²) in [7, 11) is 1.87. The lowest BCUT2D eigenvalue weighted by Crippen LogP contribution is -2.45. The predicted molar refractivity (Wildman–Crippen MR) is 92.2 cm³/mol. The van der Waals surface area contributed by atoms with Crippen LogP contribution in [0.1, 0.15) is 0 Å². The molecule has 3 rings (SSSR count). The SMILES string of the molecule is Cl.Cn1ccnc1Sc1ccc(F)cc1NC(=O)C1CNCCO1. The minimum Gasteiger partial charge on any atom is -0.366 e. The molecule has 1 saturated heterocycles. The fourth-order valence-electron chi connectivity index (χ4n) is 2.18. The quantitative estimate of drug-likeness (QED) is 0.859. The van der Waals surface area contributed by atoms with E-state index in [0.717, 1.165) is 16.6 Å². The monoisotopic (exact) mass is 372 g/mol. The molecular weight excluding hydrogens is 355 g/mol. The first kappa shape index (κ1) is 18.7. The van der Waals surface area contributed by atoms with Gasteiger partial charge in [0.25, 0.3) is 5.91 Å². The number of aromatic nitrogens is 2. The number of halogens is 2. The van der Waals surface area contributed by atoms with Crippen LogP contribution in [-0.4, -0.2) is 41.3 Å². The van der Waals surface area contributed by atoms with Crippen molar-refractivity contribution in [3.8, 4) is 0 Å². The number of ether oxygens (including phenoxy) is 1. The predicted octanol–water partition coefficient (Wildman–Crippen LogP) is 2.06. The Labute approximate surface area is 149 Å². The van der Waals surface area contributed by atoms with E-state index in [2.05, 4.69) is 15.6 Å². The van der Waals surface area contributed by atoms with E-state index in [1.807, 2.05) is 17.8 Å². The zero-order valence-electron chi connectivity index (χ0n) is 13.0. The number of hydrogen-bond donors (Lipinski definition) is 2. The summed E-state index contributed by atoms with van der Waals surface area (Å²) in [5, 5.41) is 6.60. The molecule has 9 heteroatoms. The smallest absolute Gasteiger partial charge is 0.254 e. The molecular formula is C15H18ClFN4O2S. The summed E-state index contributed by atoms with van der Waals surface area (Å²) in [6.07, 6.45) is 2.94. The molecule has 1 amide bonds. The minimum atomic E-state index is -0.571. The molecule has 2 N–H and O–H groups in total. The second-order valence-electron chi connectivity index (χ2n) is 5.12. The van der Waals surface area contributed by atoms with Gasteiger partial charge in [-0.1, -0.05) is 0 Å². The van der Waals surface area contributed by atoms with Crippen LogP contribution in [0.15, 0.2) is 40.6 Å². The van der Waals surface area contributed by atoms with Crippen molar-refractivity contribution in [2.75, 3.05) is 25.0 Å². The van der Waals surface area contributed by atoms with E-state index in [1.54, 1.807) is 12.3 Å². The summed E-state index contributed by atoms with van der Waals surface area (Å²) in [6, 6.07) is 4.29. The van der Waals surface area contributed by atoms with Crippen molar-refractivity contribution in [3.05, 3.63) is 36.4 Å². The van der Waals surface area contributed by atoms with Gasteiger partial charge in [-0.25, -0.2) is 9.37 Å². The number of aryl methyl sites for hydroxylation is 1. The van der Waals surface area contributed by atoms with Crippen molar-refractivity contribution in [1.29, 1.82) is 0 Å². The standard InChI is InChI=1S/C15H17FN4O2S.ClH/c1-20-6-4-18-15(20)23-13-3-2-10(16)8-11(13)19-14(21)12-9-17-5-7-22-12;/h2-4,6,8,12,17H,5,7,9H2,1H3,(H,19,21);1H. The van der Waals surface area contributed by atoms with Gasteiger partial charge < -0.3 is 19.9 Å². The molecule has 0 saturated carbocycles. The van der Waals surface area contributed by atoms with Crippen LogP contribution in [0, 0.1) is 5.82 Å². The molecule has 0 spiro atoms. The van der Waals surface area contributed by atoms with E-state index < -0.39 is 11.9 Å². The molecule has 2 heterocycles. The first-order chi connectivity index (χ1) is 11.1. The lowest BCUT2D eigenvalue weighted by atomic mass is 10.2. The van der Waals surface area contributed by atoms with Crippen molar-refractivity contribution in [2.45, 2.75) is 16.2 Å². The summed E-state index contributed by atoms with van der Waals surface area (Å²) < 4.78 is 20.8. The average Bonchev–Trinajstić information content (AvgIpc) is 2.96. The molecule has 1 aromatic carbocycles. The van der Waals surface area contributed by atoms with Gasteiger partial charge in [-0.2, -0.15) is 0 Å². The molecule has 1 fully saturated rings. The van der Waals surface area contributed by atoms with Crippen LogP contribution in [0.2, 0.25) is 0 Å². The molecule has 1 aliphatic heterocycles. The number of imidazole rings is 1. The van der Waals surface area contributed by atoms with Gasteiger partial charge in [0, 0.05) is 37.4 Å². The molecule has 6 nitrogen and oxygen atoms in total. The Hall–Kier alpha value is -1.61. The molecule has 1 aromatic heterocycles. The highest BCUT2D eigenvalue weighted by molar-refractivity contribution is 7.99. The van der Waals surface area contributed by atoms with Gasteiger partial charge in [-0.3, -0.25) is 4.79 Å². The summed E-state index contributed by atoms with van der Waals surface area (Å²) in [5.41, 5.74) is 0.414. The maximum atomic E-state index is 13.6. The van der Waals surface area contributed by atoms with Crippen molar-refractivity contribution >= 4 is 35.8 Å². The molecule has 0 radical (unpaired) electrons. The topological polar surface area (TPSA) is 68.2 Å². The Bertz CT molecular complexity index is 707. The molecule has 1 atom stereocenters. The number of rotatable bonds is 4. The lowest BCUT2D eigenvalue weighted by Gasteiger charge is -2.23. The lowest BCUT2D eigenvalue weighted by molar-refractivity contribution is -0.128. The number of nitrogens with zero attached hydrogens (tertiary/aromatic N) is 2. The largest absolute Gasteiger partial charge is 0.366 e. The maximum Gasteiger partial charge on any atom is 0.254 e. The Morgan fingerprint density at radius 2 is 2.38 bits per heavy atom. The third-order valence-corrected chi connectivity index (χ3v) is 4.55. The van der Waals surface area contributed by atoms with Gasteiger partial charge in [0.1, 0.15) is 11.9 Å². The molecule has 24 heavy (non-hydrogen) atoms.